The van der Waals surface area contributed by atoms with Crippen molar-refractivity contribution in [2.45, 2.75) is 13.3 Å². The first-order chi connectivity index (χ1) is 11.5. The third-order valence-corrected chi connectivity index (χ3v) is 4.16. The van der Waals surface area contributed by atoms with E-state index < -0.39 is 5.82 Å². The summed E-state index contributed by atoms with van der Waals surface area (Å²) >= 11 is 3.42. The molecule has 2 aromatic rings. The molecular formula is C18H18BrFN2O2. The van der Waals surface area contributed by atoms with Crippen LogP contribution in [0.4, 0.5) is 10.1 Å². The van der Waals surface area contributed by atoms with E-state index >= 15 is 0 Å². The zero-order valence-corrected chi connectivity index (χ0v) is 14.8. The van der Waals surface area contributed by atoms with Gasteiger partial charge in [0, 0.05) is 24.5 Å². The molecule has 24 heavy (non-hydrogen) atoms. The summed E-state index contributed by atoms with van der Waals surface area (Å²) in [5.41, 5.74) is 1.09. The number of carbonyl (C=O) groups is 2. The fraction of sp³-hybridized carbons (Fsp3) is 0.222. The molecule has 0 fully saturated rings. The summed E-state index contributed by atoms with van der Waals surface area (Å²) in [5.74, 6) is -0.799. The van der Waals surface area contributed by atoms with E-state index in [1.807, 2.05) is 24.3 Å². The molecule has 0 unspecified atom stereocenters. The first-order valence-corrected chi connectivity index (χ1v) is 8.31. The predicted octanol–water partition coefficient (Wildman–Crippen LogP) is 3.30. The standard InChI is InChI=1S/C18H18BrFN2O2/c1-13(23)22(17-9-5-3-7-15(17)19)11-10-21-18(24)12-14-6-2-4-8-16(14)20/h2-9H,10-12H2,1H3,(H,21,24). The lowest BCUT2D eigenvalue weighted by Crippen LogP contribution is -2.38. The number of rotatable bonds is 6. The monoisotopic (exact) mass is 392 g/mol. The van der Waals surface area contributed by atoms with Crippen molar-refractivity contribution in [2.75, 3.05) is 18.0 Å². The van der Waals surface area contributed by atoms with Crippen molar-refractivity contribution in [2.24, 2.45) is 0 Å². The number of halogens is 2. The van der Waals surface area contributed by atoms with Crippen LogP contribution in [-0.2, 0) is 16.0 Å². The van der Waals surface area contributed by atoms with Gasteiger partial charge in [-0.15, -0.1) is 0 Å². The summed E-state index contributed by atoms with van der Waals surface area (Å²) in [5, 5.41) is 2.72. The van der Waals surface area contributed by atoms with E-state index in [-0.39, 0.29) is 24.8 Å². The molecule has 2 amide bonds. The number of hydrogen-bond donors (Lipinski definition) is 1. The van der Waals surface area contributed by atoms with Crippen LogP contribution in [0.2, 0.25) is 0 Å². The summed E-state index contributed by atoms with van der Waals surface area (Å²) in [6.45, 7) is 2.09. The van der Waals surface area contributed by atoms with Crippen LogP contribution in [0.1, 0.15) is 12.5 Å². The highest BCUT2D eigenvalue weighted by Gasteiger charge is 2.14. The molecule has 0 radical (unpaired) electrons. The Hall–Kier alpha value is -2.21. The Morgan fingerprint density at radius 2 is 1.79 bits per heavy atom. The van der Waals surface area contributed by atoms with Crippen molar-refractivity contribution in [1.82, 2.24) is 5.32 Å². The average molecular weight is 393 g/mol. The zero-order valence-electron chi connectivity index (χ0n) is 13.3. The van der Waals surface area contributed by atoms with Crippen LogP contribution in [0.3, 0.4) is 0 Å². The second kappa shape index (κ2) is 8.59. The maximum absolute atomic E-state index is 13.5. The molecule has 0 heterocycles. The average Bonchev–Trinajstić information content (AvgIpc) is 2.54. The van der Waals surface area contributed by atoms with E-state index in [1.54, 1.807) is 23.1 Å². The third-order valence-electron chi connectivity index (χ3n) is 3.49. The zero-order chi connectivity index (χ0) is 17.5. The minimum absolute atomic E-state index is 0.0260. The first-order valence-electron chi connectivity index (χ1n) is 7.52. The van der Waals surface area contributed by atoms with Crippen LogP contribution in [-0.4, -0.2) is 24.9 Å². The molecule has 2 aromatic carbocycles. The SMILES string of the molecule is CC(=O)N(CCNC(=O)Cc1ccccc1F)c1ccccc1Br. The van der Waals surface area contributed by atoms with Crippen molar-refractivity contribution in [3.63, 3.8) is 0 Å². The molecule has 0 atom stereocenters. The van der Waals surface area contributed by atoms with Gasteiger partial charge in [-0.05, 0) is 39.7 Å². The lowest BCUT2D eigenvalue weighted by atomic mass is 10.1. The van der Waals surface area contributed by atoms with Crippen LogP contribution in [0, 0.1) is 5.82 Å². The molecule has 2 rings (SSSR count). The van der Waals surface area contributed by atoms with Gasteiger partial charge in [-0.1, -0.05) is 30.3 Å². The minimum atomic E-state index is -0.397. The lowest BCUT2D eigenvalue weighted by Gasteiger charge is -2.22. The quantitative estimate of drug-likeness (QED) is 0.819. The molecule has 1 N–H and O–H groups in total. The number of carbonyl (C=O) groups excluding carboxylic acids is 2. The minimum Gasteiger partial charge on any atom is -0.354 e. The van der Waals surface area contributed by atoms with Gasteiger partial charge in [-0.2, -0.15) is 0 Å². The highest BCUT2D eigenvalue weighted by molar-refractivity contribution is 9.10. The molecule has 0 aromatic heterocycles. The van der Waals surface area contributed by atoms with Crippen molar-refractivity contribution in [3.8, 4) is 0 Å². The number of benzene rings is 2. The number of nitrogens with one attached hydrogen (secondary N) is 1. The summed E-state index contributed by atoms with van der Waals surface area (Å²) in [6, 6.07) is 13.6. The number of nitrogens with zero attached hydrogens (tertiary/aromatic N) is 1. The Morgan fingerprint density at radius 1 is 1.12 bits per heavy atom. The van der Waals surface area contributed by atoms with Crippen LogP contribution >= 0.6 is 15.9 Å². The Kier molecular flexibility index (Phi) is 6.49. The topological polar surface area (TPSA) is 49.4 Å². The maximum Gasteiger partial charge on any atom is 0.224 e. The molecule has 0 saturated heterocycles. The lowest BCUT2D eigenvalue weighted by molar-refractivity contribution is -0.121. The summed E-state index contributed by atoms with van der Waals surface area (Å²) in [6.07, 6.45) is -0.0260. The summed E-state index contributed by atoms with van der Waals surface area (Å²) in [4.78, 5) is 25.4. The van der Waals surface area contributed by atoms with Gasteiger partial charge in [-0.25, -0.2) is 4.39 Å². The summed E-state index contributed by atoms with van der Waals surface area (Å²) in [7, 11) is 0. The molecule has 0 spiro atoms. The highest BCUT2D eigenvalue weighted by Crippen LogP contribution is 2.25. The van der Waals surface area contributed by atoms with E-state index in [0.29, 0.717) is 12.1 Å². The number of para-hydroxylation sites is 1. The highest BCUT2D eigenvalue weighted by atomic mass is 79.9. The van der Waals surface area contributed by atoms with E-state index in [4.69, 9.17) is 0 Å². The van der Waals surface area contributed by atoms with E-state index in [9.17, 15) is 14.0 Å². The predicted molar refractivity (Wildman–Crippen MR) is 95.3 cm³/mol. The molecule has 0 aliphatic heterocycles. The van der Waals surface area contributed by atoms with Gasteiger partial charge in [0.05, 0.1) is 12.1 Å². The van der Waals surface area contributed by atoms with Crippen molar-refractivity contribution in [3.05, 3.63) is 64.4 Å². The molecule has 0 bridgehead atoms. The van der Waals surface area contributed by atoms with Crippen LogP contribution in [0.5, 0.6) is 0 Å². The summed E-state index contributed by atoms with van der Waals surface area (Å²) < 4.78 is 14.3. The molecule has 0 aliphatic carbocycles. The van der Waals surface area contributed by atoms with Gasteiger partial charge in [0.1, 0.15) is 5.82 Å². The molecule has 6 heteroatoms. The fourth-order valence-corrected chi connectivity index (χ4v) is 2.80. The number of anilines is 1. The largest absolute Gasteiger partial charge is 0.354 e. The Morgan fingerprint density at radius 3 is 2.46 bits per heavy atom. The van der Waals surface area contributed by atoms with Gasteiger partial charge >= 0.3 is 0 Å². The van der Waals surface area contributed by atoms with Gasteiger partial charge in [0.2, 0.25) is 11.8 Å². The van der Waals surface area contributed by atoms with Crippen molar-refractivity contribution >= 4 is 33.4 Å². The molecule has 4 nitrogen and oxygen atoms in total. The third kappa shape index (κ3) is 4.89. The van der Waals surface area contributed by atoms with Crippen LogP contribution in [0.15, 0.2) is 53.0 Å². The maximum atomic E-state index is 13.5. The van der Waals surface area contributed by atoms with Gasteiger partial charge in [-0.3, -0.25) is 9.59 Å². The normalized spacial score (nSPS) is 10.3. The molecule has 126 valence electrons. The van der Waals surface area contributed by atoms with E-state index in [1.165, 1.54) is 13.0 Å². The van der Waals surface area contributed by atoms with Gasteiger partial charge < -0.3 is 10.2 Å². The number of hydrogen-bond acceptors (Lipinski definition) is 2. The molecule has 0 saturated carbocycles. The van der Waals surface area contributed by atoms with E-state index in [2.05, 4.69) is 21.2 Å². The fourth-order valence-electron chi connectivity index (χ4n) is 2.30. The second-order valence-electron chi connectivity index (χ2n) is 5.24. The van der Waals surface area contributed by atoms with E-state index in [0.717, 1.165) is 10.2 Å². The van der Waals surface area contributed by atoms with Crippen molar-refractivity contribution < 1.29 is 14.0 Å². The van der Waals surface area contributed by atoms with Crippen molar-refractivity contribution in [1.29, 1.82) is 0 Å². The van der Waals surface area contributed by atoms with Crippen LogP contribution in [0.25, 0.3) is 0 Å². The Bertz CT molecular complexity index is 736. The van der Waals surface area contributed by atoms with Crippen LogP contribution < -0.4 is 10.2 Å². The Labute approximate surface area is 148 Å². The smallest absolute Gasteiger partial charge is 0.224 e. The first kappa shape index (κ1) is 18.1. The molecule has 0 aliphatic rings. The van der Waals surface area contributed by atoms with Gasteiger partial charge in [0.25, 0.3) is 0 Å². The molecular weight excluding hydrogens is 375 g/mol. The second-order valence-corrected chi connectivity index (χ2v) is 6.09. The van der Waals surface area contributed by atoms with Gasteiger partial charge in [0.15, 0.2) is 0 Å². The number of amides is 2. The Balaban J connectivity index is 1.92.